The zero-order valence-corrected chi connectivity index (χ0v) is 18.5. The van der Waals surface area contributed by atoms with Gasteiger partial charge in [0.15, 0.2) is 0 Å². The second kappa shape index (κ2) is 9.10. The fourth-order valence-electron chi connectivity index (χ4n) is 4.03. The highest BCUT2D eigenvalue weighted by Gasteiger charge is 2.36. The maximum atomic E-state index is 13.3. The Hall–Kier alpha value is -3.23. The number of piperazine rings is 1. The minimum atomic E-state index is -0.657. The molecule has 0 saturated carbocycles. The van der Waals surface area contributed by atoms with Crippen LogP contribution in [0.5, 0.6) is 0 Å². The molecule has 0 aliphatic carbocycles. The summed E-state index contributed by atoms with van der Waals surface area (Å²) >= 11 is 6.02. The van der Waals surface area contributed by atoms with E-state index in [4.69, 9.17) is 11.6 Å². The molecule has 32 heavy (non-hydrogen) atoms. The third-order valence-corrected chi connectivity index (χ3v) is 5.80. The van der Waals surface area contributed by atoms with Crippen LogP contribution in [0.25, 0.3) is 5.69 Å². The predicted octanol–water partition coefficient (Wildman–Crippen LogP) is 3.39. The van der Waals surface area contributed by atoms with Gasteiger partial charge < -0.3 is 10.6 Å². The SMILES string of the molecule is Cc1nn(-c2ccccc2)c(C)c1C1C(=O)NCCN1CC(=O)Nc1ccc(F)cc1Cl. The highest BCUT2D eigenvalue weighted by Crippen LogP contribution is 2.30. The van der Waals surface area contributed by atoms with Crippen LogP contribution >= 0.6 is 11.6 Å². The number of amides is 2. The minimum Gasteiger partial charge on any atom is -0.353 e. The average Bonchev–Trinajstić information content (AvgIpc) is 3.05. The van der Waals surface area contributed by atoms with E-state index in [0.717, 1.165) is 28.7 Å². The summed E-state index contributed by atoms with van der Waals surface area (Å²) in [4.78, 5) is 27.5. The van der Waals surface area contributed by atoms with Crippen molar-refractivity contribution in [2.45, 2.75) is 19.9 Å². The summed E-state index contributed by atoms with van der Waals surface area (Å²) in [6.45, 7) is 4.68. The van der Waals surface area contributed by atoms with Crippen molar-refractivity contribution in [3.63, 3.8) is 0 Å². The number of para-hydroxylation sites is 1. The Morgan fingerprint density at radius 1 is 1.25 bits per heavy atom. The molecule has 2 aromatic carbocycles. The Kier molecular flexibility index (Phi) is 6.25. The molecule has 0 spiro atoms. The van der Waals surface area contributed by atoms with Crippen LogP contribution in [-0.4, -0.2) is 46.1 Å². The highest BCUT2D eigenvalue weighted by molar-refractivity contribution is 6.33. The Morgan fingerprint density at radius 3 is 2.72 bits per heavy atom. The molecule has 3 aromatic rings. The standard InChI is InChI=1S/C23H23ClFN5O2/c1-14-21(15(2)30(28-14)17-6-4-3-5-7-17)22-23(32)26-10-11-29(22)13-20(31)27-19-9-8-16(25)12-18(19)24/h3-9,12,22H,10-11,13H2,1-2H3,(H,26,32)(H,27,31). The number of hydrogen-bond donors (Lipinski definition) is 2. The normalized spacial score (nSPS) is 16.6. The second-order valence-corrected chi connectivity index (χ2v) is 8.08. The number of benzene rings is 2. The number of anilines is 1. The van der Waals surface area contributed by atoms with E-state index in [2.05, 4.69) is 15.7 Å². The molecule has 1 saturated heterocycles. The number of aryl methyl sites for hydroxylation is 1. The summed E-state index contributed by atoms with van der Waals surface area (Å²) in [5.74, 6) is -1.01. The fourth-order valence-corrected chi connectivity index (χ4v) is 4.25. The molecule has 4 rings (SSSR count). The number of hydrogen-bond acceptors (Lipinski definition) is 4. The van der Waals surface area contributed by atoms with Gasteiger partial charge in [0, 0.05) is 24.3 Å². The molecule has 0 bridgehead atoms. The molecule has 2 heterocycles. The first-order chi connectivity index (χ1) is 15.3. The molecule has 2 amide bonds. The van der Waals surface area contributed by atoms with Gasteiger partial charge in [-0.05, 0) is 44.2 Å². The lowest BCUT2D eigenvalue weighted by Gasteiger charge is -2.34. The summed E-state index contributed by atoms with van der Waals surface area (Å²) in [5.41, 5.74) is 3.55. The third-order valence-electron chi connectivity index (χ3n) is 5.49. The molecule has 9 heteroatoms. The smallest absolute Gasteiger partial charge is 0.242 e. The van der Waals surface area contributed by atoms with Crippen LogP contribution in [0.15, 0.2) is 48.5 Å². The van der Waals surface area contributed by atoms with Crippen molar-refractivity contribution >= 4 is 29.1 Å². The van der Waals surface area contributed by atoms with Gasteiger partial charge in [-0.3, -0.25) is 14.5 Å². The Bertz CT molecular complexity index is 1160. The van der Waals surface area contributed by atoms with E-state index in [9.17, 15) is 14.0 Å². The van der Waals surface area contributed by atoms with E-state index in [0.29, 0.717) is 18.8 Å². The fraction of sp³-hybridized carbons (Fsp3) is 0.261. The molecule has 1 unspecified atom stereocenters. The third kappa shape index (κ3) is 4.37. The maximum absolute atomic E-state index is 13.3. The lowest BCUT2D eigenvalue weighted by molar-refractivity contribution is -0.130. The van der Waals surface area contributed by atoms with Crippen molar-refractivity contribution in [2.75, 3.05) is 25.0 Å². The lowest BCUT2D eigenvalue weighted by atomic mass is 10.00. The number of halogens is 2. The zero-order chi connectivity index (χ0) is 22.8. The summed E-state index contributed by atoms with van der Waals surface area (Å²) in [5, 5.41) is 10.4. The number of rotatable bonds is 5. The van der Waals surface area contributed by atoms with Crippen LogP contribution in [0.1, 0.15) is 23.0 Å². The summed E-state index contributed by atoms with van der Waals surface area (Å²) in [6, 6.07) is 12.8. The molecule has 166 valence electrons. The number of nitrogens with zero attached hydrogens (tertiary/aromatic N) is 3. The summed E-state index contributed by atoms with van der Waals surface area (Å²) in [6.07, 6.45) is 0. The van der Waals surface area contributed by atoms with Crippen molar-refractivity contribution in [1.82, 2.24) is 20.0 Å². The van der Waals surface area contributed by atoms with Crippen LogP contribution < -0.4 is 10.6 Å². The Labute approximate surface area is 190 Å². The molecule has 7 nitrogen and oxygen atoms in total. The molecule has 1 fully saturated rings. The van der Waals surface area contributed by atoms with E-state index in [-0.39, 0.29) is 23.4 Å². The summed E-state index contributed by atoms with van der Waals surface area (Å²) < 4.78 is 15.1. The van der Waals surface area contributed by atoms with Crippen LogP contribution in [-0.2, 0) is 9.59 Å². The van der Waals surface area contributed by atoms with Gasteiger partial charge in [-0.2, -0.15) is 5.10 Å². The second-order valence-electron chi connectivity index (χ2n) is 7.67. The van der Waals surface area contributed by atoms with Gasteiger partial charge in [0.25, 0.3) is 0 Å². The highest BCUT2D eigenvalue weighted by atomic mass is 35.5. The number of carbonyl (C=O) groups excluding carboxylic acids is 2. The maximum Gasteiger partial charge on any atom is 0.242 e. The van der Waals surface area contributed by atoms with Gasteiger partial charge in [-0.15, -0.1) is 0 Å². The van der Waals surface area contributed by atoms with E-state index >= 15 is 0 Å². The van der Waals surface area contributed by atoms with Crippen molar-refractivity contribution in [2.24, 2.45) is 0 Å². The van der Waals surface area contributed by atoms with Crippen LogP contribution in [0.4, 0.5) is 10.1 Å². The molecular weight excluding hydrogens is 433 g/mol. The minimum absolute atomic E-state index is 0.0266. The van der Waals surface area contributed by atoms with Crippen molar-refractivity contribution in [3.05, 3.63) is 76.3 Å². The molecule has 0 radical (unpaired) electrons. The quantitative estimate of drug-likeness (QED) is 0.618. The van der Waals surface area contributed by atoms with E-state index < -0.39 is 11.9 Å². The number of aromatic nitrogens is 2. The van der Waals surface area contributed by atoms with Crippen molar-refractivity contribution < 1.29 is 14.0 Å². The lowest BCUT2D eigenvalue weighted by Crippen LogP contribution is -2.52. The van der Waals surface area contributed by atoms with E-state index in [1.54, 1.807) is 0 Å². The van der Waals surface area contributed by atoms with Gasteiger partial charge in [0.1, 0.15) is 11.9 Å². The molecule has 1 atom stereocenters. The topological polar surface area (TPSA) is 79.3 Å². The van der Waals surface area contributed by atoms with Gasteiger partial charge in [-0.1, -0.05) is 29.8 Å². The van der Waals surface area contributed by atoms with Crippen molar-refractivity contribution in [1.29, 1.82) is 0 Å². The monoisotopic (exact) mass is 455 g/mol. The van der Waals surface area contributed by atoms with Gasteiger partial charge in [0.05, 0.1) is 28.6 Å². The molecular formula is C23H23ClFN5O2. The van der Waals surface area contributed by atoms with Crippen LogP contribution in [0, 0.1) is 19.7 Å². The first-order valence-electron chi connectivity index (χ1n) is 10.2. The number of nitrogens with one attached hydrogen (secondary N) is 2. The largest absolute Gasteiger partial charge is 0.353 e. The van der Waals surface area contributed by atoms with Crippen LogP contribution in [0.2, 0.25) is 5.02 Å². The summed E-state index contributed by atoms with van der Waals surface area (Å²) in [7, 11) is 0. The van der Waals surface area contributed by atoms with E-state index in [1.165, 1.54) is 12.1 Å². The predicted molar refractivity (Wildman–Crippen MR) is 120 cm³/mol. The van der Waals surface area contributed by atoms with Gasteiger partial charge >= 0.3 is 0 Å². The Morgan fingerprint density at radius 2 is 2.00 bits per heavy atom. The molecule has 2 N–H and O–H groups in total. The first kappa shape index (κ1) is 22.0. The first-order valence-corrected chi connectivity index (χ1v) is 10.6. The zero-order valence-electron chi connectivity index (χ0n) is 17.7. The van der Waals surface area contributed by atoms with E-state index in [1.807, 2.05) is 53.8 Å². The van der Waals surface area contributed by atoms with Crippen LogP contribution in [0.3, 0.4) is 0 Å². The number of carbonyl (C=O) groups is 2. The average molecular weight is 456 g/mol. The molecule has 1 aliphatic rings. The van der Waals surface area contributed by atoms with Gasteiger partial charge in [0.2, 0.25) is 11.8 Å². The molecule has 1 aliphatic heterocycles. The van der Waals surface area contributed by atoms with Gasteiger partial charge in [-0.25, -0.2) is 9.07 Å². The Balaban J connectivity index is 1.60. The molecule has 1 aromatic heterocycles. The van der Waals surface area contributed by atoms with Crippen molar-refractivity contribution in [3.8, 4) is 5.69 Å².